The molecule has 6 heteroatoms. The molecular formula is C27H28FN5. The molecule has 0 atom stereocenters. The van der Waals surface area contributed by atoms with Crippen LogP contribution in [-0.2, 0) is 6.54 Å². The average molecular weight is 442 g/mol. The molecule has 0 N–H and O–H groups in total. The molecule has 5 nitrogen and oxygen atoms in total. The maximum absolute atomic E-state index is 14.2. The summed E-state index contributed by atoms with van der Waals surface area (Å²) >= 11 is 0. The van der Waals surface area contributed by atoms with Gasteiger partial charge in [0.05, 0.1) is 35.7 Å². The molecule has 33 heavy (non-hydrogen) atoms. The molecule has 1 fully saturated rings. The lowest BCUT2D eigenvalue weighted by molar-refractivity contribution is 0.324. The first kappa shape index (κ1) is 21.4. The van der Waals surface area contributed by atoms with Crippen molar-refractivity contribution in [3.8, 4) is 33.8 Å². The summed E-state index contributed by atoms with van der Waals surface area (Å²) < 4.78 is 16.2. The molecule has 0 saturated heterocycles. The van der Waals surface area contributed by atoms with Crippen LogP contribution in [0.25, 0.3) is 33.8 Å². The molecule has 3 heterocycles. The van der Waals surface area contributed by atoms with Crippen LogP contribution in [0.5, 0.6) is 0 Å². The van der Waals surface area contributed by atoms with Crippen molar-refractivity contribution < 1.29 is 4.39 Å². The van der Waals surface area contributed by atoms with Crippen molar-refractivity contribution in [1.82, 2.24) is 24.7 Å². The van der Waals surface area contributed by atoms with Gasteiger partial charge >= 0.3 is 0 Å². The van der Waals surface area contributed by atoms with Crippen LogP contribution in [0.15, 0.2) is 67.4 Å². The van der Waals surface area contributed by atoms with E-state index in [-0.39, 0.29) is 5.82 Å². The Bertz CT molecular complexity index is 1210. The molecule has 0 unspecified atom stereocenters. The predicted octanol–water partition coefficient (Wildman–Crippen LogP) is 6.57. The van der Waals surface area contributed by atoms with Gasteiger partial charge in [0, 0.05) is 35.6 Å². The minimum absolute atomic E-state index is 0.294. The van der Waals surface area contributed by atoms with Crippen molar-refractivity contribution in [2.75, 3.05) is 0 Å². The smallest absolute Gasteiger partial charge is 0.132 e. The van der Waals surface area contributed by atoms with Crippen molar-refractivity contribution in [3.63, 3.8) is 0 Å². The summed E-state index contributed by atoms with van der Waals surface area (Å²) in [5.41, 5.74) is 4.33. The summed E-state index contributed by atoms with van der Waals surface area (Å²) in [5.74, 6) is 0.601. The lowest BCUT2D eigenvalue weighted by Gasteiger charge is -2.21. The number of nitrogens with zero attached hydrogens (tertiary/aromatic N) is 5. The molecule has 3 aromatic heterocycles. The van der Waals surface area contributed by atoms with E-state index in [1.807, 2.05) is 29.2 Å². The van der Waals surface area contributed by atoms with E-state index in [1.165, 1.54) is 44.6 Å². The van der Waals surface area contributed by atoms with Crippen molar-refractivity contribution >= 4 is 0 Å². The van der Waals surface area contributed by atoms with Gasteiger partial charge in [-0.05, 0) is 43.0 Å². The molecule has 1 saturated carbocycles. The van der Waals surface area contributed by atoms with E-state index in [4.69, 9.17) is 4.98 Å². The zero-order valence-electron chi connectivity index (χ0n) is 18.7. The number of pyridine rings is 1. The highest BCUT2D eigenvalue weighted by molar-refractivity contribution is 5.69. The Balaban J connectivity index is 1.30. The standard InChI is InChI=1S/C27H28FN5/c28-24-11-5-4-10-23(24)25-15-21(12-13-30-25)26-17-29-18-27(32-26)22-16-31-33(19-22)14-6-9-20-7-2-1-3-8-20/h4-5,10-13,15-20H,1-3,6-9,14H2. The monoisotopic (exact) mass is 441 g/mol. The Hall–Kier alpha value is -3.41. The summed E-state index contributed by atoms with van der Waals surface area (Å²) in [7, 11) is 0. The highest BCUT2D eigenvalue weighted by Crippen LogP contribution is 2.28. The first-order valence-corrected chi connectivity index (χ1v) is 11.8. The van der Waals surface area contributed by atoms with Crippen molar-refractivity contribution in [1.29, 1.82) is 0 Å². The minimum Gasteiger partial charge on any atom is -0.272 e. The van der Waals surface area contributed by atoms with Gasteiger partial charge in [-0.1, -0.05) is 44.2 Å². The Labute approximate surface area is 193 Å². The van der Waals surface area contributed by atoms with Crippen LogP contribution in [0.4, 0.5) is 4.39 Å². The molecule has 0 spiro atoms. The van der Waals surface area contributed by atoms with Crippen LogP contribution >= 0.6 is 0 Å². The normalized spacial score (nSPS) is 14.5. The summed E-state index contributed by atoms with van der Waals surface area (Å²) in [4.78, 5) is 13.5. The van der Waals surface area contributed by atoms with E-state index in [9.17, 15) is 4.39 Å². The van der Waals surface area contributed by atoms with Crippen molar-refractivity contribution in [2.24, 2.45) is 5.92 Å². The van der Waals surface area contributed by atoms with E-state index in [0.29, 0.717) is 11.3 Å². The lowest BCUT2D eigenvalue weighted by Crippen LogP contribution is -2.08. The second-order valence-corrected chi connectivity index (χ2v) is 8.84. The summed E-state index contributed by atoms with van der Waals surface area (Å²) in [5, 5.41) is 4.54. The Morgan fingerprint density at radius 1 is 0.909 bits per heavy atom. The van der Waals surface area contributed by atoms with Gasteiger partial charge in [0.2, 0.25) is 0 Å². The van der Waals surface area contributed by atoms with E-state index in [2.05, 4.69) is 15.1 Å². The molecule has 1 aliphatic carbocycles. The molecule has 4 aromatic rings. The number of rotatable bonds is 7. The number of hydrogen-bond donors (Lipinski definition) is 0. The predicted molar refractivity (Wildman–Crippen MR) is 128 cm³/mol. The quantitative estimate of drug-likeness (QED) is 0.325. The zero-order valence-corrected chi connectivity index (χ0v) is 18.7. The van der Waals surface area contributed by atoms with E-state index < -0.39 is 0 Å². The third-order valence-corrected chi connectivity index (χ3v) is 6.49. The van der Waals surface area contributed by atoms with Gasteiger partial charge in [0.25, 0.3) is 0 Å². The highest BCUT2D eigenvalue weighted by Gasteiger charge is 2.13. The molecule has 0 amide bonds. The maximum Gasteiger partial charge on any atom is 0.132 e. The van der Waals surface area contributed by atoms with Gasteiger partial charge < -0.3 is 0 Å². The van der Waals surface area contributed by atoms with Gasteiger partial charge in [0.15, 0.2) is 0 Å². The van der Waals surface area contributed by atoms with Crippen LogP contribution in [0.1, 0.15) is 44.9 Å². The lowest BCUT2D eigenvalue weighted by atomic mass is 9.86. The fourth-order valence-electron chi connectivity index (χ4n) is 4.69. The van der Waals surface area contributed by atoms with Crippen LogP contribution in [0.2, 0.25) is 0 Å². The van der Waals surface area contributed by atoms with Gasteiger partial charge in [-0.2, -0.15) is 5.10 Å². The number of hydrogen-bond acceptors (Lipinski definition) is 4. The second-order valence-electron chi connectivity index (χ2n) is 8.84. The molecule has 0 radical (unpaired) electrons. The van der Waals surface area contributed by atoms with Crippen LogP contribution in [0.3, 0.4) is 0 Å². The second kappa shape index (κ2) is 10.0. The summed E-state index contributed by atoms with van der Waals surface area (Å²) in [6.07, 6.45) is 18.5. The van der Waals surface area contributed by atoms with Gasteiger partial charge in [-0.3, -0.25) is 14.6 Å². The number of benzene rings is 1. The Morgan fingerprint density at radius 3 is 2.58 bits per heavy atom. The van der Waals surface area contributed by atoms with Crippen LogP contribution in [0, 0.1) is 11.7 Å². The van der Waals surface area contributed by atoms with E-state index in [0.717, 1.165) is 41.4 Å². The van der Waals surface area contributed by atoms with Crippen LogP contribution < -0.4 is 0 Å². The number of halogens is 1. The highest BCUT2D eigenvalue weighted by atomic mass is 19.1. The largest absolute Gasteiger partial charge is 0.272 e. The third-order valence-electron chi connectivity index (χ3n) is 6.49. The topological polar surface area (TPSA) is 56.5 Å². The molecule has 0 bridgehead atoms. The average Bonchev–Trinajstić information content (AvgIpc) is 3.34. The molecule has 1 aromatic carbocycles. The Kier molecular flexibility index (Phi) is 6.51. The summed E-state index contributed by atoms with van der Waals surface area (Å²) in [6, 6.07) is 10.4. The first-order chi connectivity index (χ1) is 16.3. The van der Waals surface area contributed by atoms with Gasteiger partial charge in [-0.15, -0.1) is 0 Å². The van der Waals surface area contributed by atoms with Crippen molar-refractivity contribution in [2.45, 2.75) is 51.5 Å². The third kappa shape index (κ3) is 5.16. The molecular weight excluding hydrogens is 413 g/mol. The number of aryl methyl sites for hydroxylation is 1. The SMILES string of the molecule is Fc1ccccc1-c1cc(-c2cncc(-c3cnn(CCCC4CCCCC4)c3)n2)ccn1. The van der Waals surface area contributed by atoms with Gasteiger partial charge in [-0.25, -0.2) is 9.37 Å². The molecule has 0 aliphatic heterocycles. The molecule has 1 aliphatic rings. The molecule has 5 rings (SSSR count). The summed E-state index contributed by atoms with van der Waals surface area (Å²) in [6.45, 7) is 0.931. The zero-order chi connectivity index (χ0) is 22.5. The Morgan fingerprint density at radius 2 is 1.73 bits per heavy atom. The number of aromatic nitrogens is 5. The van der Waals surface area contributed by atoms with E-state index >= 15 is 0 Å². The van der Waals surface area contributed by atoms with Crippen molar-refractivity contribution in [3.05, 3.63) is 73.2 Å². The molecule has 168 valence electrons. The fourth-order valence-corrected chi connectivity index (χ4v) is 4.69. The first-order valence-electron chi connectivity index (χ1n) is 11.8. The maximum atomic E-state index is 14.2. The fraction of sp³-hybridized carbons (Fsp3) is 0.333. The van der Waals surface area contributed by atoms with Crippen LogP contribution in [-0.4, -0.2) is 24.7 Å². The van der Waals surface area contributed by atoms with E-state index in [1.54, 1.807) is 36.8 Å². The minimum atomic E-state index is -0.294. The van der Waals surface area contributed by atoms with Gasteiger partial charge in [0.1, 0.15) is 5.82 Å².